The van der Waals surface area contributed by atoms with Crippen LogP contribution in [-0.2, 0) is 0 Å². The predicted molar refractivity (Wildman–Crippen MR) is 77.3 cm³/mol. The van der Waals surface area contributed by atoms with Crippen LogP contribution in [0.4, 0.5) is 18.0 Å². The highest BCUT2D eigenvalue weighted by atomic mass is 32.1. The van der Waals surface area contributed by atoms with Gasteiger partial charge < -0.3 is 10.2 Å². The number of halogens is 3. The van der Waals surface area contributed by atoms with Crippen molar-refractivity contribution < 1.29 is 18.0 Å². The van der Waals surface area contributed by atoms with Gasteiger partial charge in [-0.25, -0.2) is 4.79 Å². The fraction of sp³-hybridized carbons (Fsp3) is 0.923. The van der Waals surface area contributed by atoms with Gasteiger partial charge in [-0.15, -0.1) is 0 Å². The van der Waals surface area contributed by atoms with Gasteiger partial charge in [-0.2, -0.15) is 25.8 Å². The lowest BCUT2D eigenvalue weighted by molar-refractivity contribution is -0.169. The quantitative estimate of drug-likeness (QED) is 0.765. The Labute approximate surface area is 128 Å². The molecule has 8 heteroatoms. The molecule has 2 aliphatic heterocycles. The van der Waals surface area contributed by atoms with Crippen LogP contribution in [0.25, 0.3) is 0 Å². The van der Waals surface area contributed by atoms with Gasteiger partial charge >= 0.3 is 12.2 Å². The number of rotatable bonds is 2. The van der Waals surface area contributed by atoms with Crippen LogP contribution in [0.1, 0.15) is 26.2 Å². The second-order valence-electron chi connectivity index (χ2n) is 5.86. The van der Waals surface area contributed by atoms with E-state index in [4.69, 9.17) is 0 Å². The van der Waals surface area contributed by atoms with Gasteiger partial charge in [0, 0.05) is 37.6 Å². The van der Waals surface area contributed by atoms with E-state index >= 15 is 0 Å². The Morgan fingerprint density at radius 2 is 1.86 bits per heavy atom. The molecule has 4 nitrogen and oxygen atoms in total. The molecule has 0 aromatic carbocycles. The van der Waals surface area contributed by atoms with Crippen LogP contribution >= 0.6 is 12.6 Å². The molecule has 0 bridgehead atoms. The average molecular weight is 325 g/mol. The second kappa shape index (κ2) is 6.64. The fourth-order valence-corrected chi connectivity index (χ4v) is 3.13. The van der Waals surface area contributed by atoms with Crippen molar-refractivity contribution in [3.63, 3.8) is 0 Å². The molecule has 2 aliphatic rings. The Kier molecular flexibility index (Phi) is 5.29. The molecule has 2 saturated heterocycles. The van der Waals surface area contributed by atoms with Crippen molar-refractivity contribution in [2.45, 2.75) is 43.8 Å². The fourth-order valence-electron chi connectivity index (χ4n) is 2.90. The summed E-state index contributed by atoms with van der Waals surface area (Å²) in [5.74, 6) is -1.38. The maximum atomic E-state index is 12.6. The largest absolute Gasteiger partial charge is 0.393 e. The Hall–Kier alpha value is -0.630. The Balaban J connectivity index is 1.76. The van der Waals surface area contributed by atoms with Gasteiger partial charge in [0.05, 0.1) is 5.92 Å². The minimum Gasteiger partial charge on any atom is -0.335 e. The third kappa shape index (κ3) is 4.42. The number of urea groups is 1. The third-order valence-electron chi connectivity index (χ3n) is 4.32. The maximum absolute atomic E-state index is 12.6. The van der Waals surface area contributed by atoms with Gasteiger partial charge in [-0.1, -0.05) is 0 Å². The molecule has 2 amide bonds. The van der Waals surface area contributed by atoms with Crippen molar-refractivity contribution in [1.29, 1.82) is 0 Å². The number of hydrogen-bond donors (Lipinski definition) is 2. The smallest absolute Gasteiger partial charge is 0.335 e. The Bertz CT molecular complexity index is 370. The second-order valence-corrected chi connectivity index (χ2v) is 6.61. The van der Waals surface area contributed by atoms with E-state index in [9.17, 15) is 18.0 Å². The van der Waals surface area contributed by atoms with Crippen molar-refractivity contribution in [3.8, 4) is 0 Å². The van der Waals surface area contributed by atoms with E-state index in [0.29, 0.717) is 0 Å². The van der Waals surface area contributed by atoms with Crippen LogP contribution in [0.2, 0.25) is 0 Å². The molecule has 0 aromatic heterocycles. The molecule has 0 spiro atoms. The number of piperidine rings is 1. The van der Waals surface area contributed by atoms with Crippen molar-refractivity contribution in [3.05, 3.63) is 0 Å². The summed E-state index contributed by atoms with van der Waals surface area (Å²) < 4.78 is 37.8. The highest BCUT2D eigenvalue weighted by Gasteiger charge is 2.44. The highest BCUT2D eigenvalue weighted by molar-refractivity contribution is 7.80. The van der Waals surface area contributed by atoms with Crippen molar-refractivity contribution in [2.24, 2.45) is 5.92 Å². The monoisotopic (exact) mass is 325 g/mol. The SMILES string of the molecule is CC(S)N1CCC(NC(=O)N2CCC(C(F)(F)F)C2)CC1. The molecule has 0 aromatic rings. The Morgan fingerprint density at radius 3 is 2.33 bits per heavy atom. The number of nitrogens with one attached hydrogen (secondary N) is 1. The van der Waals surface area contributed by atoms with E-state index in [-0.39, 0.29) is 37.0 Å². The number of hydrogen-bond acceptors (Lipinski definition) is 3. The molecule has 21 heavy (non-hydrogen) atoms. The zero-order valence-electron chi connectivity index (χ0n) is 12.1. The van der Waals surface area contributed by atoms with Crippen molar-refractivity contribution in [1.82, 2.24) is 15.1 Å². The molecule has 0 saturated carbocycles. The van der Waals surface area contributed by atoms with Crippen LogP contribution < -0.4 is 5.32 Å². The summed E-state index contributed by atoms with van der Waals surface area (Å²) in [7, 11) is 0. The number of carbonyl (C=O) groups is 1. The van der Waals surface area contributed by atoms with E-state index in [0.717, 1.165) is 25.9 Å². The average Bonchev–Trinajstić information content (AvgIpc) is 2.88. The lowest BCUT2D eigenvalue weighted by Crippen LogP contribution is -2.49. The third-order valence-corrected chi connectivity index (χ3v) is 4.65. The number of likely N-dealkylation sites (tertiary alicyclic amines) is 2. The number of amides is 2. The molecular formula is C13H22F3N3OS. The normalized spacial score (nSPS) is 26.9. The van der Waals surface area contributed by atoms with Gasteiger partial charge in [-0.05, 0) is 26.2 Å². The predicted octanol–water partition coefficient (Wildman–Crippen LogP) is 2.32. The molecule has 0 radical (unpaired) electrons. The summed E-state index contributed by atoms with van der Waals surface area (Å²) >= 11 is 4.37. The summed E-state index contributed by atoms with van der Waals surface area (Å²) in [5.41, 5.74) is 0. The van der Waals surface area contributed by atoms with Crippen molar-refractivity contribution >= 4 is 18.7 Å². The van der Waals surface area contributed by atoms with E-state index < -0.39 is 12.1 Å². The van der Waals surface area contributed by atoms with Gasteiger partial charge in [-0.3, -0.25) is 4.90 Å². The minimum atomic E-state index is -4.21. The summed E-state index contributed by atoms with van der Waals surface area (Å²) in [6.07, 6.45) is -2.57. The first kappa shape index (κ1) is 16.7. The summed E-state index contributed by atoms with van der Waals surface area (Å²) in [6, 6.07) is -0.315. The van der Waals surface area contributed by atoms with Gasteiger partial charge in [0.2, 0.25) is 0 Å². The van der Waals surface area contributed by atoms with Crippen LogP contribution in [0, 0.1) is 5.92 Å². The van der Waals surface area contributed by atoms with Crippen LogP contribution in [0.3, 0.4) is 0 Å². The lowest BCUT2D eigenvalue weighted by Gasteiger charge is -2.35. The molecule has 2 fully saturated rings. The first-order valence-corrected chi connectivity index (χ1v) is 7.83. The number of alkyl halides is 3. The molecule has 122 valence electrons. The standard InChI is InChI=1S/C13H22F3N3OS/c1-9(21)18-6-3-11(4-7-18)17-12(20)19-5-2-10(8-19)13(14,15)16/h9-11,21H,2-8H2,1H3,(H,17,20). The summed E-state index contributed by atoms with van der Waals surface area (Å²) in [4.78, 5) is 15.5. The van der Waals surface area contributed by atoms with Crippen LogP contribution in [0.15, 0.2) is 0 Å². The van der Waals surface area contributed by atoms with E-state index in [1.165, 1.54) is 4.90 Å². The number of thiol groups is 1. The lowest BCUT2D eigenvalue weighted by atomic mass is 10.1. The maximum Gasteiger partial charge on any atom is 0.393 e. The van der Waals surface area contributed by atoms with E-state index in [2.05, 4.69) is 22.8 Å². The molecule has 2 unspecified atom stereocenters. The van der Waals surface area contributed by atoms with Gasteiger partial charge in [0.15, 0.2) is 0 Å². The highest BCUT2D eigenvalue weighted by Crippen LogP contribution is 2.33. The topological polar surface area (TPSA) is 35.6 Å². The molecule has 0 aliphatic carbocycles. The molecule has 2 atom stereocenters. The molecular weight excluding hydrogens is 303 g/mol. The molecule has 1 N–H and O–H groups in total. The van der Waals surface area contributed by atoms with Gasteiger partial charge in [0.1, 0.15) is 0 Å². The number of nitrogens with zero attached hydrogens (tertiary/aromatic N) is 2. The zero-order chi connectivity index (χ0) is 15.6. The van der Waals surface area contributed by atoms with E-state index in [1.807, 2.05) is 6.92 Å². The number of carbonyl (C=O) groups excluding carboxylic acids is 1. The van der Waals surface area contributed by atoms with Crippen LogP contribution in [-0.4, -0.2) is 59.6 Å². The first-order valence-electron chi connectivity index (χ1n) is 7.31. The van der Waals surface area contributed by atoms with Gasteiger partial charge in [0.25, 0.3) is 0 Å². The zero-order valence-corrected chi connectivity index (χ0v) is 13.0. The van der Waals surface area contributed by atoms with E-state index in [1.54, 1.807) is 0 Å². The Morgan fingerprint density at radius 1 is 1.24 bits per heavy atom. The first-order chi connectivity index (χ1) is 9.77. The summed E-state index contributed by atoms with van der Waals surface area (Å²) in [6.45, 7) is 3.66. The van der Waals surface area contributed by atoms with Crippen LogP contribution in [0.5, 0.6) is 0 Å². The van der Waals surface area contributed by atoms with Crippen molar-refractivity contribution in [2.75, 3.05) is 26.2 Å². The molecule has 2 rings (SSSR count). The summed E-state index contributed by atoms with van der Waals surface area (Å²) in [5, 5.41) is 3.05. The minimum absolute atomic E-state index is 0.00648. The molecule has 2 heterocycles.